The molecule has 0 spiro atoms. The van der Waals surface area contributed by atoms with Crippen LogP contribution in [-0.2, 0) is 16.6 Å². The number of anilines is 1. The number of morpholine rings is 1. The van der Waals surface area contributed by atoms with Gasteiger partial charge >= 0.3 is 0 Å². The molecule has 0 bridgehead atoms. The molecule has 3 rings (SSSR count). The molecule has 1 fully saturated rings. The van der Waals surface area contributed by atoms with Crippen molar-refractivity contribution >= 4 is 17.5 Å². The molecule has 1 aliphatic rings. The number of ether oxygens (including phenoxy) is 2. The summed E-state index contributed by atoms with van der Waals surface area (Å²) in [5, 5.41) is 2.86. The molecular formula is C19H24N4O4. The van der Waals surface area contributed by atoms with Gasteiger partial charge in [0.2, 0.25) is 5.91 Å². The van der Waals surface area contributed by atoms with Gasteiger partial charge in [-0.1, -0.05) is 6.07 Å². The number of carbonyl (C=O) groups excluding carboxylic acids is 2. The highest BCUT2D eigenvalue weighted by molar-refractivity contribution is 5.94. The van der Waals surface area contributed by atoms with E-state index in [2.05, 4.69) is 10.3 Å². The first-order valence-corrected chi connectivity index (χ1v) is 8.97. The second-order valence-corrected chi connectivity index (χ2v) is 6.30. The van der Waals surface area contributed by atoms with E-state index in [1.807, 2.05) is 19.1 Å². The fourth-order valence-electron chi connectivity index (χ4n) is 3.05. The van der Waals surface area contributed by atoms with Gasteiger partial charge in [0.05, 0.1) is 25.9 Å². The van der Waals surface area contributed by atoms with Crippen LogP contribution in [0.2, 0.25) is 0 Å². The van der Waals surface area contributed by atoms with E-state index < -0.39 is 0 Å². The highest BCUT2D eigenvalue weighted by Gasteiger charge is 2.31. The Hall–Kier alpha value is -2.87. The van der Waals surface area contributed by atoms with E-state index in [4.69, 9.17) is 9.47 Å². The van der Waals surface area contributed by atoms with Gasteiger partial charge in [0.1, 0.15) is 5.75 Å². The molecule has 1 aromatic heterocycles. The normalized spacial score (nSPS) is 16.8. The molecule has 1 aromatic carbocycles. The van der Waals surface area contributed by atoms with E-state index >= 15 is 0 Å². The van der Waals surface area contributed by atoms with Crippen LogP contribution < -0.4 is 10.1 Å². The summed E-state index contributed by atoms with van der Waals surface area (Å²) >= 11 is 0. The summed E-state index contributed by atoms with van der Waals surface area (Å²) < 4.78 is 12.6. The van der Waals surface area contributed by atoms with Gasteiger partial charge in [-0.15, -0.1) is 0 Å². The molecule has 1 N–H and O–H groups in total. The average Bonchev–Trinajstić information content (AvgIpc) is 3.08. The number of nitrogens with one attached hydrogen (secondary N) is 1. The largest absolute Gasteiger partial charge is 0.494 e. The molecule has 2 amide bonds. The molecule has 27 heavy (non-hydrogen) atoms. The second-order valence-electron chi connectivity index (χ2n) is 6.30. The van der Waals surface area contributed by atoms with E-state index in [9.17, 15) is 9.59 Å². The highest BCUT2D eigenvalue weighted by atomic mass is 16.5. The first-order valence-electron chi connectivity index (χ1n) is 8.97. The lowest BCUT2D eigenvalue weighted by molar-refractivity contribution is -0.118. The monoisotopic (exact) mass is 372 g/mol. The molecule has 1 atom stereocenters. The van der Waals surface area contributed by atoms with Crippen LogP contribution in [0.4, 0.5) is 5.69 Å². The highest BCUT2D eigenvalue weighted by Crippen LogP contribution is 2.19. The molecular weight excluding hydrogens is 348 g/mol. The fraction of sp³-hybridized carbons (Fsp3) is 0.421. The van der Waals surface area contributed by atoms with Crippen LogP contribution in [0.3, 0.4) is 0 Å². The molecule has 1 saturated heterocycles. The number of rotatable bonds is 6. The van der Waals surface area contributed by atoms with Crippen molar-refractivity contribution in [3.05, 3.63) is 42.5 Å². The maximum absolute atomic E-state index is 12.8. The van der Waals surface area contributed by atoms with Crippen molar-refractivity contribution in [2.24, 2.45) is 7.05 Å². The SMILES string of the molecule is CCOc1cccc(NC(=O)C[C@@H]2COCCN2C(=O)c2nccn2C)c1. The molecule has 0 radical (unpaired) electrons. The first-order chi connectivity index (χ1) is 13.1. The first kappa shape index (κ1) is 18.9. The number of imidazole rings is 1. The van der Waals surface area contributed by atoms with Crippen LogP contribution >= 0.6 is 0 Å². The average molecular weight is 372 g/mol. The molecule has 8 heteroatoms. The Morgan fingerprint density at radius 2 is 2.26 bits per heavy atom. The van der Waals surface area contributed by atoms with Crippen molar-refractivity contribution in [2.45, 2.75) is 19.4 Å². The Labute approximate surface area is 158 Å². The Balaban J connectivity index is 1.65. The van der Waals surface area contributed by atoms with Crippen LogP contribution in [0.1, 0.15) is 24.0 Å². The minimum Gasteiger partial charge on any atom is -0.494 e. The van der Waals surface area contributed by atoms with Gasteiger partial charge in [-0.25, -0.2) is 4.98 Å². The van der Waals surface area contributed by atoms with Gasteiger partial charge in [0, 0.05) is 44.2 Å². The molecule has 8 nitrogen and oxygen atoms in total. The van der Waals surface area contributed by atoms with Crippen molar-refractivity contribution in [1.29, 1.82) is 0 Å². The molecule has 0 aliphatic carbocycles. The number of amides is 2. The maximum Gasteiger partial charge on any atom is 0.290 e. The smallest absolute Gasteiger partial charge is 0.290 e. The van der Waals surface area contributed by atoms with E-state index in [0.717, 1.165) is 0 Å². The standard InChI is InChI=1S/C19H24N4O4/c1-3-27-16-6-4-5-14(11-16)21-17(24)12-15-13-26-10-9-23(15)19(25)18-20-7-8-22(18)2/h4-8,11,15H,3,9-10,12-13H2,1-2H3,(H,21,24)/t15-/m1/s1. The lowest BCUT2D eigenvalue weighted by atomic mass is 10.1. The topological polar surface area (TPSA) is 85.7 Å². The van der Waals surface area contributed by atoms with Gasteiger partial charge < -0.3 is 24.3 Å². The summed E-state index contributed by atoms with van der Waals surface area (Å²) in [7, 11) is 1.77. The molecule has 0 unspecified atom stereocenters. The van der Waals surface area contributed by atoms with Crippen LogP contribution in [0.5, 0.6) is 5.75 Å². The third kappa shape index (κ3) is 4.65. The Bertz CT molecular complexity index is 805. The van der Waals surface area contributed by atoms with Gasteiger partial charge in [-0.05, 0) is 19.1 Å². The second kappa shape index (κ2) is 8.68. The van der Waals surface area contributed by atoms with Crippen molar-refractivity contribution in [2.75, 3.05) is 31.7 Å². The number of carbonyl (C=O) groups is 2. The summed E-state index contributed by atoms with van der Waals surface area (Å²) in [6.45, 7) is 3.67. The van der Waals surface area contributed by atoms with Gasteiger partial charge in [0.25, 0.3) is 5.91 Å². The minimum atomic E-state index is -0.335. The predicted molar refractivity (Wildman–Crippen MR) is 99.7 cm³/mol. The third-order valence-electron chi connectivity index (χ3n) is 4.35. The lowest BCUT2D eigenvalue weighted by Crippen LogP contribution is -2.50. The maximum atomic E-state index is 12.8. The zero-order valence-corrected chi connectivity index (χ0v) is 15.6. The van der Waals surface area contributed by atoms with E-state index in [0.29, 0.717) is 43.6 Å². The van der Waals surface area contributed by atoms with E-state index in [1.54, 1.807) is 41.0 Å². The molecule has 0 saturated carbocycles. The number of aromatic nitrogens is 2. The molecule has 144 valence electrons. The van der Waals surface area contributed by atoms with Crippen molar-refractivity contribution in [1.82, 2.24) is 14.5 Å². The number of aryl methyl sites for hydroxylation is 1. The zero-order chi connectivity index (χ0) is 19.2. The van der Waals surface area contributed by atoms with Crippen molar-refractivity contribution in [3.63, 3.8) is 0 Å². The van der Waals surface area contributed by atoms with Crippen LogP contribution in [0, 0.1) is 0 Å². The van der Waals surface area contributed by atoms with E-state index in [1.165, 1.54) is 0 Å². The summed E-state index contributed by atoms with van der Waals surface area (Å²) in [4.78, 5) is 31.1. The van der Waals surface area contributed by atoms with Crippen molar-refractivity contribution in [3.8, 4) is 5.75 Å². The number of hydrogen-bond acceptors (Lipinski definition) is 5. The molecule has 2 aromatic rings. The predicted octanol–water partition coefficient (Wildman–Crippen LogP) is 1.69. The summed E-state index contributed by atoms with van der Waals surface area (Å²) in [5.41, 5.74) is 0.657. The summed E-state index contributed by atoms with van der Waals surface area (Å²) in [6.07, 6.45) is 3.45. The molecule has 2 heterocycles. The zero-order valence-electron chi connectivity index (χ0n) is 15.6. The number of nitrogens with zero attached hydrogens (tertiary/aromatic N) is 3. The Morgan fingerprint density at radius 1 is 1.41 bits per heavy atom. The molecule has 1 aliphatic heterocycles. The van der Waals surface area contributed by atoms with Crippen LogP contribution in [-0.4, -0.2) is 58.7 Å². The van der Waals surface area contributed by atoms with Gasteiger partial charge in [0.15, 0.2) is 5.82 Å². The van der Waals surface area contributed by atoms with Gasteiger partial charge in [-0.3, -0.25) is 9.59 Å². The van der Waals surface area contributed by atoms with Crippen LogP contribution in [0.15, 0.2) is 36.7 Å². The van der Waals surface area contributed by atoms with E-state index in [-0.39, 0.29) is 24.3 Å². The lowest BCUT2D eigenvalue weighted by Gasteiger charge is -2.35. The summed E-state index contributed by atoms with van der Waals surface area (Å²) in [6, 6.07) is 6.89. The number of hydrogen-bond donors (Lipinski definition) is 1. The van der Waals surface area contributed by atoms with Gasteiger partial charge in [-0.2, -0.15) is 0 Å². The fourth-order valence-corrected chi connectivity index (χ4v) is 3.05. The quantitative estimate of drug-likeness (QED) is 0.834. The number of benzene rings is 1. The Kier molecular flexibility index (Phi) is 6.08. The third-order valence-corrected chi connectivity index (χ3v) is 4.35. The van der Waals surface area contributed by atoms with Crippen molar-refractivity contribution < 1.29 is 19.1 Å². The van der Waals surface area contributed by atoms with Crippen LogP contribution in [0.25, 0.3) is 0 Å². The summed E-state index contributed by atoms with van der Waals surface area (Å²) in [5.74, 6) is 0.674. The Morgan fingerprint density at radius 3 is 3.00 bits per heavy atom. The minimum absolute atomic E-state index is 0.148.